The second kappa shape index (κ2) is 5.01. The zero-order chi connectivity index (χ0) is 10.7. The van der Waals surface area contributed by atoms with Crippen molar-refractivity contribution in [2.75, 3.05) is 0 Å². The Morgan fingerprint density at radius 2 is 2.07 bits per heavy atom. The lowest BCUT2D eigenvalue weighted by Crippen LogP contribution is -2.06. The topological polar surface area (TPSA) is 0 Å². The van der Waals surface area contributed by atoms with Gasteiger partial charge in [0.2, 0.25) is 0 Å². The monoisotopic (exact) mass is 204 g/mol. The maximum Gasteiger partial charge on any atom is -0.0199 e. The van der Waals surface area contributed by atoms with Gasteiger partial charge in [-0.05, 0) is 56.8 Å². The lowest BCUT2D eigenvalue weighted by Gasteiger charge is -2.17. The van der Waals surface area contributed by atoms with E-state index >= 15 is 0 Å². The van der Waals surface area contributed by atoms with Gasteiger partial charge >= 0.3 is 0 Å². The molecule has 0 saturated heterocycles. The van der Waals surface area contributed by atoms with Crippen molar-refractivity contribution in [3.05, 3.63) is 24.3 Å². The minimum atomic E-state index is 0.954. The molecule has 0 aromatic rings. The predicted molar refractivity (Wildman–Crippen MR) is 66.7 cm³/mol. The van der Waals surface area contributed by atoms with Crippen LogP contribution in [0.3, 0.4) is 0 Å². The van der Waals surface area contributed by atoms with Gasteiger partial charge in [-0.3, -0.25) is 0 Å². The second-order valence-electron chi connectivity index (χ2n) is 5.60. The van der Waals surface area contributed by atoms with Gasteiger partial charge in [0.1, 0.15) is 0 Å². The van der Waals surface area contributed by atoms with E-state index in [1.165, 1.54) is 50.5 Å². The SMILES string of the molecule is C=C(C)CCCCCC1CC2C=CC1C2. The minimum Gasteiger partial charge on any atom is -0.100 e. The Morgan fingerprint density at radius 3 is 2.67 bits per heavy atom. The average molecular weight is 204 g/mol. The fourth-order valence-corrected chi connectivity index (χ4v) is 3.24. The number of hydrogen-bond acceptors (Lipinski definition) is 0. The zero-order valence-electron chi connectivity index (χ0n) is 10.0. The van der Waals surface area contributed by atoms with Crippen LogP contribution in [0.5, 0.6) is 0 Å². The van der Waals surface area contributed by atoms with Crippen LogP contribution in [0.25, 0.3) is 0 Å². The molecule has 1 fully saturated rings. The van der Waals surface area contributed by atoms with Crippen LogP contribution >= 0.6 is 0 Å². The summed E-state index contributed by atoms with van der Waals surface area (Å²) < 4.78 is 0. The molecule has 3 atom stereocenters. The molecule has 0 aliphatic heterocycles. The van der Waals surface area contributed by atoms with Crippen molar-refractivity contribution in [3.63, 3.8) is 0 Å². The summed E-state index contributed by atoms with van der Waals surface area (Å²) in [6.45, 7) is 6.09. The Labute approximate surface area is 94.5 Å². The lowest BCUT2D eigenvalue weighted by molar-refractivity contribution is 0.396. The lowest BCUT2D eigenvalue weighted by atomic mass is 9.88. The van der Waals surface area contributed by atoms with E-state index in [1.807, 2.05) is 0 Å². The van der Waals surface area contributed by atoms with E-state index in [9.17, 15) is 0 Å². The van der Waals surface area contributed by atoms with E-state index < -0.39 is 0 Å². The van der Waals surface area contributed by atoms with Crippen LogP contribution in [-0.2, 0) is 0 Å². The first-order valence-electron chi connectivity index (χ1n) is 6.58. The van der Waals surface area contributed by atoms with E-state index in [1.54, 1.807) is 0 Å². The molecule has 1 saturated carbocycles. The molecule has 0 nitrogen and oxygen atoms in total. The Kier molecular flexibility index (Phi) is 3.66. The fourth-order valence-electron chi connectivity index (χ4n) is 3.24. The molecule has 3 unspecified atom stereocenters. The molecule has 0 spiro atoms. The first-order valence-corrected chi connectivity index (χ1v) is 6.58. The molecule has 0 radical (unpaired) electrons. The summed E-state index contributed by atoms with van der Waals surface area (Å²) in [5, 5.41) is 0. The van der Waals surface area contributed by atoms with E-state index in [0.717, 1.165) is 17.8 Å². The highest BCUT2D eigenvalue weighted by molar-refractivity contribution is 5.09. The van der Waals surface area contributed by atoms with Crippen LogP contribution in [0.2, 0.25) is 0 Å². The third kappa shape index (κ3) is 2.96. The largest absolute Gasteiger partial charge is 0.100 e. The Morgan fingerprint density at radius 1 is 1.20 bits per heavy atom. The highest BCUT2D eigenvalue weighted by Crippen LogP contribution is 2.45. The van der Waals surface area contributed by atoms with Crippen molar-refractivity contribution >= 4 is 0 Å². The number of allylic oxidation sites excluding steroid dienone is 3. The first kappa shape index (κ1) is 11.0. The fraction of sp³-hybridized carbons (Fsp3) is 0.733. The molecule has 0 aromatic carbocycles. The number of fused-ring (bicyclic) bond motifs is 2. The van der Waals surface area contributed by atoms with Crippen LogP contribution in [0, 0.1) is 17.8 Å². The van der Waals surface area contributed by atoms with E-state index in [0.29, 0.717) is 0 Å². The predicted octanol–water partition coefficient (Wildman–Crippen LogP) is 4.73. The molecule has 0 N–H and O–H groups in total. The average Bonchev–Trinajstić information content (AvgIpc) is 2.78. The van der Waals surface area contributed by atoms with Crippen molar-refractivity contribution in [2.45, 2.75) is 51.9 Å². The Hall–Kier alpha value is -0.520. The smallest absolute Gasteiger partial charge is 0.0199 e. The molecule has 2 bridgehead atoms. The molecule has 84 valence electrons. The van der Waals surface area contributed by atoms with Crippen molar-refractivity contribution in [3.8, 4) is 0 Å². The van der Waals surface area contributed by atoms with Crippen molar-refractivity contribution < 1.29 is 0 Å². The van der Waals surface area contributed by atoms with Gasteiger partial charge in [0.05, 0.1) is 0 Å². The second-order valence-corrected chi connectivity index (χ2v) is 5.60. The Balaban J connectivity index is 1.55. The molecule has 0 heterocycles. The van der Waals surface area contributed by atoms with Crippen LogP contribution < -0.4 is 0 Å². The molecule has 2 aliphatic carbocycles. The molecule has 0 aromatic heterocycles. The van der Waals surface area contributed by atoms with E-state index in [2.05, 4.69) is 25.7 Å². The molecule has 2 aliphatic rings. The molecule has 0 heteroatoms. The molecule has 15 heavy (non-hydrogen) atoms. The maximum absolute atomic E-state index is 3.95. The highest BCUT2D eigenvalue weighted by atomic mass is 14.4. The van der Waals surface area contributed by atoms with Gasteiger partial charge < -0.3 is 0 Å². The van der Waals surface area contributed by atoms with E-state index in [4.69, 9.17) is 0 Å². The summed E-state index contributed by atoms with van der Waals surface area (Å²) in [4.78, 5) is 0. The van der Waals surface area contributed by atoms with Gasteiger partial charge in [0, 0.05) is 0 Å². The summed E-state index contributed by atoms with van der Waals surface area (Å²) in [5.74, 6) is 2.94. The quantitative estimate of drug-likeness (QED) is 0.433. The van der Waals surface area contributed by atoms with Gasteiger partial charge in [0.25, 0.3) is 0 Å². The van der Waals surface area contributed by atoms with Gasteiger partial charge in [-0.2, -0.15) is 0 Å². The van der Waals surface area contributed by atoms with Crippen molar-refractivity contribution in [2.24, 2.45) is 17.8 Å². The van der Waals surface area contributed by atoms with Gasteiger partial charge in [-0.15, -0.1) is 6.58 Å². The van der Waals surface area contributed by atoms with Crippen molar-refractivity contribution in [1.29, 1.82) is 0 Å². The molecular formula is C15H24. The van der Waals surface area contributed by atoms with Gasteiger partial charge in [0.15, 0.2) is 0 Å². The van der Waals surface area contributed by atoms with Gasteiger partial charge in [-0.25, -0.2) is 0 Å². The standard InChI is InChI=1S/C15H24/c1-12(2)6-4-3-5-7-14-10-13-8-9-15(14)11-13/h8-9,13-15H,1,3-7,10-11H2,2H3. The minimum absolute atomic E-state index is 0.954. The van der Waals surface area contributed by atoms with Crippen LogP contribution in [0.1, 0.15) is 51.9 Å². The normalized spacial score (nSPS) is 32.5. The third-order valence-electron chi connectivity index (χ3n) is 4.09. The van der Waals surface area contributed by atoms with Gasteiger partial charge in [-0.1, -0.05) is 30.6 Å². The zero-order valence-corrected chi connectivity index (χ0v) is 10.0. The summed E-state index contributed by atoms with van der Waals surface area (Å²) >= 11 is 0. The Bertz CT molecular complexity index is 249. The number of unbranched alkanes of at least 4 members (excludes halogenated alkanes) is 2. The van der Waals surface area contributed by atoms with Crippen LogP contribution in [-0.4, -0.2) is 0 Å². The summed E-state index contributed by atoms with van der Waals surface area (Å²) in [7, 11) is 0. The van der Waals surface area contributed by atoms with Crippen molar-refractivity contribution in [1.82, 2.24) is 0 Å². The molecule has 2 rings (SSSR count). The number of hydrogen-bond donors (Lipinski definition) is 0. The summed E-state index contributed by atoms with van der Waals surface area (Å²) in [6, 6.07) is 0. The van der Waals surface area contributed by atoms with E-state index in [-0.39, 0.29) is 0 Å². The maximum atomic E-state index is 3.95. The summed E-state index contributed by atoms with van der Waals surface area (Å²) in [5.41, 5.74) is 1.35. The molecule has 0 amide bonds. The highest BCUT2D eigenvalue weighted by Gasteiger charge is 2.34. The third-order valence-corrected chi connectivity index (χ3v) is 4.09. The van der Waals surface area contributed by atoms with Crippen LogP contribution in [0.4, 0.5) is 0 Å². The van der Waals surface area contributed by atoms with Crippen LogP contribution in [0.15, 0.2) is 24.3 Å². The first-order chi connectivity index (χ1) is 7.25. The number of rotatable bonds is 6. The summed E-state index contributed by atoms with van der Waals surface area (Å²) in [6.07, 6.45) is 14.8. The molecular weight excluding hydrogens is 180 g/mol.